The van der Waals surface area contributed by atoms with Gasteiger partial charge in [-0.1, -0.05) is 37.0 Å². The first-order valence-electron chi connectivity index (χ1n) is 8.36. The lowest BCUT2D eigenvalue weighted by Crippen LogP contribution is -2.38. The summed E-state index contributed by atoms with van der Waals surface area (Å²) in [5, 5.41) is 15.3. The van der Waals surface area contributed by atoms with E-state index in [0.29, 0.717) is 18.5 Å². The summed E-state index contributed by atoms with van der Waals surface area (Å²) in [6, 6.07) is 2.27. The molecule has 1 aromatic heterocycles. The number of nitro benzene ring substituents is 1. The molecule has 0 aliphatic rings. The van der Waals surface area contributed by atoms with Crippen molar-refractivity contribution >= 4 is 62.3 Å². The van der Waals surface area contributed by atoms with E-state index in [4.69, 9.17) is 23.2 Å². The molecule has 28 heavy (non-hydrogen) atoms. The second-order valence-corrected chi connectivity index (χ2v) is 7.53. The van der Waals surface area contributed by atoms with E-state index in [9.17, 15) is 19.7 Å². The minimum absolute atomic E-state index is 0.0195. The first-order chi connectivity index (χ1) is 13.1. The number of benzene rings is 1. The highest BCUT2D eigenvalue weighted by atomic mass is 79.9. The maximum absolute atomic E-state index is 13.3. The van der Waals surface area contributed by atoms with E-state index in [1.807, 2.05) is 6.92 Å². The average Bonchev–Trinajstić information content (AvgIpc) is 2.91. The van der Waals surface area contributed by atoms with Crippen LogP contribution in [0.25, 0.3) is 0 Å². The number of carbonyl (C=O) groups is 2. The van der Waals surface area contributed by atoms with Gasteiger partial charge in [-0.3, -0.25) is 24.4 Å². The van der Waals surface area contributed by atoms with E-state index in [-0.39, 0.29) is 38.0 Å². The van der Waals surface area contributed by atoms with Gasteiger partial charge < -0.3 is 0 Å². The van der Waals surface area contributed by atoms with Gasteiger partial charge in [0.25, 0.3) is 11.6 Å². The van der Waals surface area contributed by atoms with Crippen LogP contribution in [0.5, 0.6) is 0 Å². The molecule has 8 nitrogen and oxygen atoms in total. The molecule has 0 saturated carbocycles. The predicted molar refractivity (Wildman–Crippen MR) is 110 cm³/mol. The van der Waals surface area contributed by atoms with Crippen molar-refractivity contribution in [3.05, 3.63) is 48.2 Å². The van der Waals surface area contributed by atoms with Crippen molar-refractivity contribution in [3.63, 3.8) is 0 Å². The first-order valence-corrected chi connectivity index (χ1v) is 9.90. The number of imide groups is 1. The number of amides is 2. The lowest BCUT2D eigenvalue weighted by atomic mass is 10.2. The van der Waals surface area contributed by atoms with Crippen molar-refractivity contribution < 1.29 is 14.5 Å². The SMILES string of the molecule is CCCC(=O)N(C(=O)c1c(Cl)c(CC)nn1C)c1c(Cl)cc([N+](=O)[O-])cc1Br. The second kappa shape index (κ2) is 9.02. The van der Waals surface area contributed by atoms with Crippen LogP contribution < -0.4 is 4.90 Å². The Balaban J connectivity index is 2.68. The Morgan fingerprint density at radius 2 is 1.96 bits per heavy atom. The van der Waals surface area contributed by atoms with Gasteiger partial charge >= 0.3 is 0 Å². The molecule has 0 aliphatic carbocycles. The topological polar surface area (TPSA) is 98.3 Å². The fourth-order valence-electron chi connectivity index (χ4n) is 2.65. The molecule has 2 rings (SSSR count). The van der Waals surface area contributed by atoms with Crippen molar-refractivity contribution in [2.75, 3.05) is 4.90 Å². The number of halogens is 3. The third-order valence-electron chi connectivity index (χ3n) is 3.95. The molecule has 0 atom stereocenters. The van der Waals surface area contributed by atoms with E-state index >= 15 is 0 Å². The Morgan fingerprint density at radius 3 is 2.43 bits per heavy atom. The largest absolute Gasteiger partial charge is 0.284 e. The number of hydrogen-bond donors (Lipinski definition) is 0. The predicted octanol–water partition coefficient (Wildman–Crippen LogP) is 4.93. The third-order valence-corrected chi connectivity index (χ3v) is 5.24. The molecule has 0 spiro atoms. The zero-order valence-electron chi connectivity index (χ0n) is 15.3. The molecule has 2 amide bonds. The van der Waals surface area contributed by atoms with Gasteiger partial charge in [-0.15, -0.1) is 0 Å². The molecule has 150 valence electrons. The zero-order chi connectivity index (χ0) is 21.2. The molecular weight excluding hydrogens is 475 g/mol. The summed E-state index contributed by atoms with van der Waals surface area (Å²) in [4.78, 5) is 37.4. The number of nitro groups is 1. The number of anilines is 1. The van der Waals surface area contributed by atoms with Crippen molar-refractivity contribution in [3.8, 4) is 0 Å². The first kappa shape index (κ1) is 22.3. The number of aromatic nitrogens is 2. The van der Waals surface area contributed by atoms with E-state index < -0.39 is 16.7 Å². The van der Waals surface area contributed by atoms with Crippen LogP contribution in [-0.2, 0) is 18.3 Å². The van der Waals surface area contributed by atoms with Gasteiger partial charge in [0.2, 0.25) is 5.91 Å². The highest BCUT2D eigenvalue weighted by Gasteiger charge is 2.33. The summed E-state index contributed by atoms with van der Waals surface area (Å²) in [7, 11) is 1.55. The summed E-state index contributed by atoms with van der Waals surface area (Å²) < 4.78 is 1.45. The maximum atomic E-state index is 13.3. The molecule has 11 heteroatoms. The fourth-order valence-corrected chi connectivity index (χ4v) is 4.07. The number of rotatable bonds is 6. The fraction of sp³-hybridized carbons (Fsp3) is 0.353. The van der Waals surface area contributed by atoms with Crippen LogP contribution in [0.15, 0.2) is 16.6 Å². The van der Waals surface area contributed by atoms with Gasteiger partial charge in [-0.25, -0.2) is 4.90 Å². The highest BCUT2D eigenvalue weighted by molar-refractivity contribution is 9.10. The summed E-state index contributed by atoms with van der Waals surface area (Å²) in [6.07, 6.45) is 1.07. The van der Waals surface area contributed by atoms with Crippen LogP contribution >= 0.6 is 39.1 Å². The number of aryl methyl sites for hydroxylation is 2. The van der Waals surface area contributed by atoms with Gasteiger partial charge in [0, 0.05) is 25.6 Å². The molecule has 0 fully saturated rings. The standard InChI is InChI=1S/C17H17BrCl2N4O4/c1-4-6-13(25)23(15-10(18)7-9(24(27)28)8-11(15)19)17(26)16-14(20)12(5-2)21-22(16)3/h7-8H,4-6H2,1-3H3. The van der Waals surface area contributed by atoms with Crippen LogP contribution in [-0.4, -0.2) is 26.5 Å². The molecule has 0 unspecified atom stereocenters. The number of non-ortho nitro benzene ring substituents is 1. The second-order valence-electron chi connectivity index (χ2n) is 5.89. The van der Waals surface area contributed by atoms with Crippen LogP contribution in [0.3, 0.4) is 0 Å². The molecule has 0 bridgehead atoms. The Morgan fingerprint density at radius 1 is 1.32 bits per heavy atom. The zero-order valence-corrected chi connectivity index (χ0v) is 18.4. The third kappa shape index (κ3) is 4.21. The number of nitrogens with zero attached hydrogens (tertiary/aromatic N) is 4. The Bertz CT molecular complexity index is 938. The number of hydrogen-bond acceptors (Lipinski definition) is 5. The highest BCUT2D eigenvalue weighted by Crippen LogP contribution is 2.39. The van der Waals surface area contributed by atoms with Gasteiger partial charge in [-0.2, -0.15) is 5.10 Å². The Kier molecular flexibility index (Phi) is 7.19. The smallest absolute Gasteiger partial charge is 0.274 e. The lowest BCUT2D eigenvalue weighted by Gasteiger charge is -2.23. The maximum Gasteiger partial charge on any atom is 0.284 e. The van der Waals surface area contributed by atoms with E-state index in [1.165, 1.54) is 10.7 Å². The van der Waals surface area contributed by atoms with Gasteiger partial charge in [-0.05, 0) is 28.8 Å². The quantitative estimate of drug-likeness (QED) is 0.421. The van der Waals surface area contributed by atoms with Crippen molar-refractivity contribution in [2.24, 2.45) is 7.05 Å². The average molecular weight is 492 g/mol. The van der Waals surface area contributed by atoms with E-state index in [0.717, 1.165) is 11.0 Å². The van der Waals surface area contributed by atoms with Crippen LogP contribution in [0.1, 0.15) is 42.9 Å². The molecule has 0 radical (unpaired) electrons. The monoisotopic (exact) mass is 490 g/mol. The van der Waals surface area contributed by atoms with Gasteiger partial charge in [0.1, 0.15) is 5.69 Å². The molecule has 1 heterocycles. The van der Waals surface area contributed by atoms with Gasteiger partial charge in [0.05, 0.1) is 30.8 Å². The van der Waals surface area contributed by atoms with Crippen molar-refractivity contribution in [1.29, 1.82) is 0 Å². The molecule has 1 aromatic carbocycles. The van der Waals surface area contributed by atoms with Crippen molar-refractivity contribution in [2.45, 2.75) is 33.1 Å². The molecule has 2 aromatic rings. The summed E-state index contributed by atoms with van der Waals surface area (Å²) >= 11 is 15.7. The Hall–Kier alpha value is -1.97. The van der Waals surface area contributed by atoms with E-state index in [1.54, 1.807) is 14.0 Å². The summed E-state index contributed by atoms with van der Waals surface area (Å²) in [5.41, 5.74) is 0.294. The summed E-state index contributed by atoms with van der Waals surface area (Å²) in [5.74, 6) is -1.23. The minimum Gasteiger partial charge on any atom is -0.274 e. The van der Waals surface area contributed by atoms with Crippen LogP contribution in [0.2, 0.25) is 10.0 Å². The van der Waals surface area contributed by atoms with E-state index in [2.05, 4.69) is 21.0 Å². The molecule has 0 saturated heterocycles. The molecule has 0 N–H and O–H groups in total. The van der Waals surface area contributed by atoms with Gasteiger partial charge in [0.15, 0.2) is 0 Å². The summed E-state index contributed by atoms with van der Waals surface area (Å²) in [6.45, 7) is 3.63. The van der Waals surface area contributed by atoms with Crippen LogP contribution in [0.4, 0.5) is 11.4 Å². The number of carbonyl (C=O) groups excluding carboxylic acids is 2. The normalized spacial score (nSPS) is 10.8. The molecular formula is C17H17BrCl2N4O4. The molecule has 0 aliphatic heterocycles. The van der Waals surface area contributed by atoms with Crippen molar-refractivity contribution in [1.82, 2.24) is 9.78 Å². The lowest BCUT2D eigenvalue weighted by molar-refractivity contribution is -0.384. The Labute approximate surface area is 179 Å². The van der Waals surface area contributed by atoms with Crippen LogP contribution in [0, 0.1) is 10.1 Å². The minimum atomic E-state index is -0.713.